The van der Waals surface area contributed by atoms with Crippen LogP contribution in [0, 0.1) is 5.92 Å². The zero-order valence-electron chi connectivity index (χ0n) is 11.4. The molecule has 1 saturated carbocycles. The lowest BCUT2D eigenvalue weighted by atomic mass is 9.95. The maximum absolute atomic E-state index is 11.9. The van der Waals surface area contributed by atoms with Crippen LogP contribution in [0.15, 0.2) is 0 Å². The summed E-state index contributed by atoms with van der Waals surface area (Å²) in [6.07, 6.45) is 6.02. The van der Waals surface area contributed by atoms with E-state index in [4.69, 9.17) is 5.73 Å². The summed E-state index contributed by atoms with van der Waals surface area (Å²) >= 11 is 0. The Hall–Kier alpha value is 0.160. The number of hydrogen-bond acceptors (Lipinski definition) is 3. The molecule has 3 N–H and O–H groups in total. The largest absolute Gasteiger partial charge is 0.324 e. The van der Waals surface area contributed by atoms with Crippen LogP contribution in [-0.2, 0) is 10.0 Å². The fourth-order valence-electron chi connectivity index (χ4n) is 2.30. The summed E-state index contributed by atoms with van der Waals surface area (Å²) in [5.74, 6) is 0.624. The van der Waals surface area contributed by atoms with E-state index in [0.717, 1.165) is 25.7 Å². The molecule has 0 unspecified atom stereocenters. The zero-order chi connectivity index (χ0) is 12.9. The molecular formula is C12H27ClN2O2S. The third-order valence-electron chi connectivity index (χ3n) is 3.98. The lowest BCUT2D eigenvalue weighted by Gasteiger charge is -2.27. The van der Waals surface area contributed by atoms with Gasteiger partial charge in [0.05, 0.1) is 5.75 Å². The third-order valence-corrected chi connectivity index (χ3v) is 5.48. The molecule has 0 spiro atoms. The van der Waals surface area contributed by atoms with Crippen molar-refractivity contribution in [1.82, 2.24) is 4.72 Å². The molecule has 0 heterocycles. The van der Waals surface area contributed by atoms with Crippen LogP contribution in [0.5, 0.6) is 0 Å². The molecule has 0 aromatic carbocycles. The summed E-state index contributed by atoms with van der Waals surface area (Å²) in [6, 6.07) is 0. The van der Waals surface area contributed by atoms with Crippen LogP contribution in [0.1, 0.15) is 52.4 Å². The second kappa shape index (κ2) is 7.68. The van der Waals surface area contributed by atoms with Crippen LogP contribution in [0.4, 0.5) is 0 Å². The average molecular weight is 299 g/mol. The monoisotopic (exact) mass is 298 g/mol. The average Bonchev–Trinajstić information content (AvgIpc) is 2.78. The molecule has 0 amide bonds. The molecule has 0 aliphatic heterocycles. The van der Waals surface area contributed by atoms with Gasteiger partial charge in [0.2, 0.25) is 10.0 Å². The van der Waals surface area contributed by atoms with Crippen LogP contribution >= 0.6 is 12.4 Å². The van der Waals surface area contributed by atoms with Crippen molar-refractivity contribution in [2.45, 2.75) is 57.9 Å². The fourth-order valence-corrected chi connectivity index (χ4v) is 3.88. The SMILES string of the molecule is CCC(N)(CC)CNS(=O)(=O)CC1CCCC1.Cl. The van der Waals surface area contributed by atoms with E-state index in [9.17, 15) is 8.42 Å². The van der Waals surface area contributed by atoms with Gasteiger partial charge in [-0.3, -0.25) is 0 Å². The first-order valence-electron chi connectivity index (χ1n) is 6.67. The number of hydrogen-bond donors (Lipinski definition) is 2. The van der Waals surface area contributed by atoms with Crippen LogP contribution in [-0.4, -0.2) is 26.3 Å². The van der Waals surface area contributed by atoms with Crippen LogP contribution in [0.2, 0.25) is 0 Å². The standard InChI is InChI=1S/C12H26N2O2S.ClH/c1-3-12(13,4-2)10-14-17(15,16)9-11-7-5-6-8-11;/h11,14H,3-10,13H2,1-2H3;1H. The van der Waals surface area contributed by atoms with Gasteiger partial charge in [-0.15, -0.1) is 12.4 Å². The van der Waals surface area contributed by atoms with E-state index in [2.05, 4.69) is 4.72 Å². The van der Waals surface area contributed by atoms with Crippen molar-refractivity contribution in [1.29, 1.82) is 0 Å². The molecule has 0 bridgehead atoms. The number of nitrogens with two attached hydrogens (primary N) is 1. The predicted octanol–water partition coefficient (Wildman–Crippen LogP) is 2.04. The Morgan fingerprint density at radius 3 is 2.17 bits per heavy atom. The first-order chi connectivity index (χ1) is 7.91. The van der Waals surface area contributed by atoms with Gasteiger partial charge in [-0.25, -0.2) is 13.1 Å². The topological polar surface area (TPSA) is 72.2 Å². The molecule has 18 heavy (non-hydrogen) atoms. The summed E-state index contributed by atoms with van der Waals surface area (Å²) in [5.41, 5.74) is 5.68. The van der Waals surface area contributed by atoms with E-state index in [0.29, 0.717) is 12.5 Å². The van der Waals surface area contributed by atoms with Crippen molar-refractivity contribution in [3.63, 3.8) is 0 Å². The number of halogens is 1. The summed E-state index contributed by atoms with van der Waals surface area (Å²) in [7, 11) is -3.15. The maximum atomic E-state index is 11.9. The normalized spacial score (nSPS) is 17.7. The molecule has 4 nitrogen and oxygen atoms in total. The molecule has 6 heteroatoms. The minimum absolute atomic E-state index is 0. The zero-order valence-corrected chi connectivity index (χ0v) is 13.1. The minimum Gasteiger partial charge on any atom is -0.324 e. The van der Waals surface area contributed by atoms with E-state index < -0.39 is 15.6 Å². The fraction of sp³-hybridized carbons (Fsp3) is 1.00. The van der Waals surface area contributed by atoms with Crippen molar-refractivity contribution in [3.8, 4) is 0 Å². The van der Waals surface area contributed by atoms with Crippen molar-refractivity contribution < 1.29 is 8.42 Å². The Morgan fingerprint density at radius 2 is 1.72 bits per heavy atom. The molecular weight excluding hydrogens is 272 g/mol. The van der Waals surface area contributed by atoms with Gasteiger partial charge in [0.25, 0.3) is 0 Å². The van der Waals surface area contributed by atoms with E-state index in [1.54, 1.807) is 0 Å². The Labute approximate surface area is 118 Å². The van der Waals surface area contributed by atoms with Gasteiger partial charge in [0, 0.05) is 12.1 Å². The number of rotatable bonds is 7. The van der Waals surface area contributed by atoms with Crippen molar-refractivity contribution in [2.75, 3.05) is 12.3 Å². The molecule has 0 aromatic heterocycles. The van der Waals surface area contributed by atoms with Gasteiger partial charge in [0.1, 0.15) is 0 Å². The molecule has 0 atom stereocenters. The van der Waals surface area contributed by atoms with Gasteiger partial charge in [-0.05, 0) is 31.6 Å². The highest BCUT2D eigenvalue weighted by molar-refractivity contribution is 7.89. The second-order valence-electron chi connectivity index (χ2n) is 5.32. The Morgan fingerprint density at radius 1 is 1.22 bits per heavy atom. The van der Waals surface area contributed by atoms with Gasteiger partial charge in [0.15, 0.2) is 0 Å². The van der Waals surface area contributed by atoms with Gasteiger partial charge in [-0.1, -0.05) is 26.7 Å². The minimum atomic E-state index is -3.15. The first kappa shape index (κ1) is 18.2. The van der Waals surface area contributed by atoms with Crippen molar-refractivity contribution in [2.24, 2.45) is 11.7 Å². The van der Waals surface area contributed by atoms with Crippen molar-refractivity contribution in [3.05, 3.63) is 0 Å². The highest BCUT2D eigenvalue weighted by Crippen LogP contribution is 2.25. The van der Waals surface area contributed by atoms with Crippen LogP contribution < -0.4 is 10.5 Å². The van der Waals surface area contributed by atoms with Crippen molar-refractivity contribution >= 4 is 22.4 Å². The van der Waals surface area contributed by atoms with Gasteiger partial charge < -0.3 is 5.73 Å². The summed E-state index contributed by atoms with van der Waals surface area (Å²) in [4.78, 5) is 0. The molecule has 0 aromatic rings. The lowest BCUT2D eigenvalue weighted by molar-refractivity contribution is 0.391. The third kappa shape index (κ3) is 5.87. The quantitative estimate of drug-likeness (QED) is 0.755. The molecule has 110 valence electrons. The van der Waals surface area contributed by atoms with Gasteiger partial charge in [-0.2, -0.15) is 0 Å². The molecule has 0 radical (unpaired) electrons. The first-order valence-corrected chi connectivity index (χ1v) is 8.32. The van der Waals surface area contributed by atoms with E-state index in [-0.39, 0.29) is 18.2 Å². The van der Waals surface area contributed by atoms with E-state index in [1.165, 1.54) is 12.8 Å². The molecule has 1 aliphatic carbocycles. The second-order valence-corrected chi connectivity index (χ2v) is 7.17. The summed E-state index contributed by atoms with van der Waals surface area (Å²) in [5, 5.41) is 0. The Kier molecular flexibility index (Phi) is 7.75. The van der Waals surface area contributed by atoms with Gasteiger partial charge >= 0.3 is 0 Å². The molecule has 1 aliphatic rings. The number of nitrogens with one attached hydrogen (secondary N) is 1. The molecule has 0 saturated heterocycles. The summed E-state index contributed by atoms with van der Waals surface area (Å²) in [6.45, 7) is 4.35. The predicted molar refractivity (Wildman–Crippen MR) is 78.5 cm³/mol. The number of sulfonamides is 1. The molecule has 1 fully saturated rings. The van der Waals surface area contributed by atoms with Crippen LogP contribution in [0.25, 0.3) is 0 Å². The highest BCUT2D eigenvalue weighted by Gasteiger charge is 2.26. The summed E-state index contributed by atoms with van der Waals surface area (Å²) < 4.78 is 26.5. The van der Waals surface area contributed by atoms with E-state index >= 15 is 0 Å². The van der Waals surface area contributed by atoms with Crippen LogP contribution in [0.3, 0.4) is 0 Å². The highest BCUT2D eigenvalue weighted by atomic mass is 35.5. The van der Waals surface area contributed by atoms with E-state index in [1.807, 2.05) is 13.8 Å². The molecule has 1 rings (SSSR count). The lowest BCUT2D eigenvalue weighted by Crippen LogP contribution is -2.49. The smallest absolute Gasteiger partial charge is 0.211 e. The maximum Gasteiger partial charge on any atom is 0.211 e. The Balaban J connectivity index is 0.00000289. The Bertz CT molecular complexity index is 323.